The number of rotatable bonds is 4. The van der Waals surface area contributed by atoms with Crippen LogP contribution in [0, 0.1) is 5.82 Å². The van der Waals surface area contributed by atoms with Gasteiger partial charge in [0.15, 0.2) is 17.3 Å². The highest BCUT2D eigenvalue weighted by molar-refractivity contribution is 7.13. The number of phenols is 1. The Morgan fingerprint density at radius 1 is 1.19 bits per heavy atom. The van der Waals surface area contributed by atoms with E-state index in [-0.39, 0.29) is 5.75 Å². The zero-order valence-electron chi connectivity index (χ0n) is 14.3. The Morgan fingerprint density at radius 2 is 2.00 bits per heavy atom. The number of phenolic OH excluding ortho intramolecular Hbond substituents is 1. The minimum absolute atomic E-state index is 0.0891. The van der Waals surface area contributed by atoms with Gasteiger partial charge in [0, 0.05) is 35.8 Å². The van der Waals surface area contributed by atoms with Crippen LogP contribution in [0.15, 0.2) is 35.8 Å². The standard InChI is InChI=1S/C19H18FN3O2S/c1-25-16-9-13(8-14(20)18(16)24)15-11-26-19(22-15)12-4-5-17(21-10-12)23-6-2-3-7-23/h4-5,8-11,24H,2-3,6-7H2,1H3. The van der Waals surface area contributed by atoms with E-state index in [4.69, 9.17) is 4.74 Å². The number of nitrogens with zero attached hydrogens (tertiary/aromatic N) is 3. The molecule has 1 fully saturated rings. The number of ether oxygens (including phenoxy) is 1. The molecule has 0 radical (unpaired) electrons. The number of hydrogen-bond donors (Lipinski definition) is 1. The molecule has 1 aliphatic rings. The molecule has 1 aliphatic heterocycles. The minimum atomic E-state index is -0.731. The Labute approximate surface area is 154 Å². The molecule has 0 spiro atoms. The lowest BCUT2D eigenvalue weighted by Gasteiger charge is -2.15. The topological polar surface area (TPSA) is 58.5 Å². The Bertz CT molecular complexity index is 921. The van der Waals surface area contributed by atoms with E-state index in [2.05, 4.69) is 14.9 Å². The lowest BCUT2D eigenvalue weighted by atomic mass is 10.1. The van der Waals surface area contributed by atoms with Crippen molar-refractivity contribution in [3.8, 4) is 33.3 Å². The summed E-state index contributed by atoms with van der Waals surface area (Å²) < 4.78 is 18.9. The molecule has 0 aliphatic carbocycles. The van der Waals surface area contributed by atoms with E-state index in [1.54, 1.807) is 6.07 Å². The summed E-state index contributed by atoms with van der Waals surface area (Å²) >= 11 is 1.47. The molecule has 0 amide bonds. The second-order valence-electron chi connectivity index (χ2n) is 6.15. The van der Waals surface area contributed by atoms with Crippen molar-refractivity contribution in [3.63, 3.8) is 0 Å². The van der Waals surface area contributed by atoms with Gasteiger partial charge < -0.3 is 14.7 Å². The van der Waals surface area contributed by atoms with Crippen molar-refractivity contribution in [2.75, 3.05) is 25.1 Å². The fraction of sp³-hybridized carbons (Fsp3) is 0.263. The van der Waals surface area contributed by atoms with Crippen LogP contribution >= 0.6 is 11.3 Å². The fourth-order valence-electron chi connectivity index (χ4n) is 3.06. The Morgan fingerprint density at radius 3 is 2.69 bits per heavy atom. The van der Waals surface area contributed by atoms with Crippen molar-refractivity contribution in [2.45, 2.75) is 12.8 Å². The fourth-order valence-corrected chi connectivity index (χ4v) is 3.88. The van der Waals surface area contributed by atoms with Crippen LogP contribution in [0.1, 0.15) is 12.8 Å². The maximum Gasteiger partial charge on any atom is 0.194 e. The molecule has 3 aromatic rings. The highest BCUT2D eigenvalue weighted by atomic mass is 32.1. The molecule has 3 heterocycles. The Balaban J connectivity index is 1.61. The predicted molar refractivity (Wildman–Crippen MR) is 100 cm³/mol. The first-order chi connectivity index (χ1) is 12.7. The van der Waals surface area contributed by atoms with Crippen LogP contribution in [0.3, 0.4) is 0 Å². The first-order valence-corrected chi connectivity index (χ1v) is 9.27. The number of pyridine rings is 1. The van der Waals surface area contributed by atoms with Crippen LogP contribution < -0.4 is 9.64 Å². The van der Waals surface area contributed by atoms with Crippen LogP contribution in [-0.2, 0) is 0 Å². The molecule has 0 saturated carbocycles. The third-order valence-corrected chi connectivity index (χ3v) is 5.36. The van der Waals surface area contributed by atoms with Crippen molar-refractivity contribution in [1.82, 2.24) is 9.97 Å². The first-order valence-electron chi connectivity index (χ1n) is 8.39. The number of aromatic hydroxyl groups is 1. The van der Waals surface area contributed by atoms with Crippen LogP contribution in [0.25, 0.3) is 21.8 Å². The normalized spacial score (nSPS) is 14.0. The average molecular weight is 371 g/mol. The number of anilines is 1. The number of halogens is 1. The molecule has 0 atom stereocenters. The maximum absolute atomic E-state index is 13.9. The van der Waals surface area contributed by atoms with Gasteiger partial charge in [0.2, 0.25) is 0 Å². The molecule has 5 nitrogen and oxygen atoms in total. The van der Waals surface area contributed by atoms with E-state index in [9.17, 15) is 9.50 Å². The average Bonchev–Trinajstić information content (AvgIpc) is 3.36. The predicted octanol–water partition coefficient (Wildman–Crippen LogP) is 4.33. The highest BCUT2D eigenvalue weighted by Crippen LogP contribution is 2.36. The van der Waals surface area contributed by atoms with Gasteiger partial charge in [-0.2, -0.15) is 0 Å². The molecular weight excluding hydrogens is 353 g/mol. The summed E-state index contributed by atoms with van der Waals surface area (Å²) in [5, 5.41) is 12.3. The van der Waals surface area contributed by atoms with Crippen LogP contribution in [0.5, 0.6) is 11.5 Å². The maximum atomic E-state index is 13.9. The molecule has 1 saturated heterocycles. The molecule has 1 aromatic carbocycles. The Kier molecular flexibility index (Phi) is 4.46. The van der Waals surface area contributed by atoms with Crippen molar-refractivity contribution in [1.29, 1.82) is 0 Å². The summed E-state index contributed by atoms with van der Waals surface area (Å²) in [5.74, 6) is -0.140. The summed E-state index contributed by atoms with van der Waals surface area (Å²) in [6.07, 6.45) is 4.26. The summed E-state index contributed by atoms with van der Waals surface area (Å²) in [7, 11) is 1.39. The van der Waals surface area contributed by atoms with Crippen LogP contribution in [0.2, 0.25) is 0 Å². The van der Waals surface area contributed by atoms with Gasteiger partial charge in [-0.15, -0.1) is 11.3 Å². The van der Waals surface area contributed by atoms with E-state index >= 15 is 0 Å². The molecule has 134 valence electrons. The SMILES string of the molecule is COc1cc(-c2csc(-c3ccc(N4CCCC4)nc3)n2)cc(F)c1O. The second kappa shape index (κ2) is 6.92. The molecule has 2 aromatic heterocycles. The minimum Gasteiger partial charge on any atom is -0.502 e. The summed E-state index contributed by atoms with van der Waals surface area (Å²) in [6, 6.07) is 6.86. The van der Waals surface area contributed by atoms with Crippen molar-refractivity contribution in [2.24, 2.45) is 0 Å². The number of methoxy groups -OCH3 is 1. The van der Waals surface area contributed by atoms with E-state index in [1.807, 2.05) is 23.7 Å². The van der Waals surface area contributed by atoms with Gasteiger partial charge in [-0.25, -0.2) is 14.4 Å². The van der Waals surface area contributed by atoms with Crippen molar-refractivity contribution >= 4 is 17.2 Å². The molecule has 0 unspecified atom stereocenters. The number of benzene rings is 1. The van der Waals surface area contributed by atoms with Crippen molar-refractivity contribution < 1.29 is 14.2 Å². The third kappa shape index (κ3) is 3.10. The zero-order chi connectivity index (χ0) is 18.1. The van der Waals surface area contributed by atoms with Crippen LogP contribution in [0.4, 0.5) is 10.2 Å². The largest absolute Gasteiger partial charge is 0.502 e. The molecular formula is C19H18FN3O2S. The van der Waals surface area contributed by atoms with Gasteiger partial charge in [0.25, 0.3) is 0 Å². The van der Waals surface area contributed by atoms with Gasteiger partial charge in [-0.3, -0.25) is 0 Å². The number of aromatic nitrogens is 2. The quantitative estimate of drug-likeness (QED) is 0.740. The number of hydrogen-bond acceptors (Lipinski definition) is 6. The van der Waals surface area contributed by atoms with Gasteiger partial charge in [0.1, 0.15) is 10.8 Å². The lowest BCUT2D eigenvalue weighted by Crippen LogP contribution is -2.18. The van der Waals surface area contributed by atoms with E-state index in [0.29, 0.717) is 11.3 Å². The van der Waals surface area contributed by atoms with E-state index in [0.717, 1.165) is 29.5 Å². The van der Waals surface area contributed by atoms with Crippen molar-refractivity contribution in [3.05, 3.63) is 41.7 Å². The monoisotopic (exact) mass is 371 g/mol. The molecule has 4 rings (SSSR count). The molecule has 7 heteroatoms. The first kappa shape index (κ1) is 16.8. The van der Waals surface area contributed by atoms with Gasteiger partial charge in [0.05, 0.1) is 12.8 Å². The summed E-state index contributed by atoms with van der Waals surface area (Å²) in [6.45, 7) is 2.12. The van der Waals surface area contributed by atoms with Gasteiger partial charge in [-0.1, -0.05) is 0 Å². The summed E-state index contributed by atoms with van der Waals surface area (Å²) in [5.41, 5.74) is 2.11. The van der Waals surface area contributed by atoms with Gasteiger partial charge >= 0.3 is 0 Å². The van der Waals surface area contributed by atoms with Gasteiger partial charge in [-0.05, 0) is 37.1 Å². The zero-order valence-corrected chi connectivity index (χ0v) is 15.1. The molecule has 1 N–H and O–H groups in total. The summed E-state index contributed by atoms with van der Waals surface area (Å²) in [4.78, 5) is 11.4. The Hall–Kier alpha value is -2.67. The lowest BCUT2D eigenvalue weighted by molar-refractivity contribution is 0.357. The highest BCUT2D eigenvalue weighted by Gasteiger charge is 2.16. The second-order valence-corrected chi connectivity index (χ2v) is 7.00. The smallest absolute Gasteiger partial charge is 0.194 e. The third-order valence-electron chi connectivity index (χ3n) is 4.47. The number of thiazole rings is 1. The van der Waals surface area contributed by atoms with E-state index < -0.39 is 11.6 Å². The van der Waals surface area contributed by atoms with E-state index in [1.165, 1.54) is 37.4 Å². The molecule has 0 bridgehead atoms. The molecule has 26 heavy (non-hydrogen) atoms. The van der Waals surface area contributed by atoms with Crippen LogP contribution in [-0.4, -0.2) is 35.3 Å².